The smallest absolute Gasteiger partial charge is 0.252 e. The second kappa shape index (κ2) is 14.2. The van der Waals surface area contributed by atoms with Gasteiger partial charge in [0.05, 0.1) is 6.54 Å². The topological polar surface area (TPSA) is 62.2 Å². The van der Waals surface area contributed by atoms with E-state index in [0.717, 1.165) is 29.7 Å². The first kappa shape index (κ1) is 28.7. The van der Waals surface area contributed by atoms with Gasteiger partial charge in [-0.15, -0.1) is 0 Å². The molecule has 1 aliphatic carbocycles. The van der Waals surface area contributed by atoms with E-state index in [0.29, 0.717) is 23.7 Å². The van der Waals surface area contributed by atoms with Gasteiger partial charge < -0.3 is 20.1 Å². The van der Waals surface area contributed by atoms with Gasteiger partial charge in [-0.3, -0.25) is 4.79 Å². The van der Waals surface area contributed by atoms with Gasteiger partial charge in [-0.05, 0) is 71.0 Å². The van der Waals surface area contributed by atoms with Gasteiger partial charge in [0, 0.05) is 47.8 Å². The Labute approximate surface area is 227 Å². The molecule has 7 heteroatoms. The molecule has 0 atom stereocenters. The van der Waals surface area contributed by atoms with Crippen molar-refractivity contribution in [3.63, 3.8) is 0 Å². The minimum Gasteiger partial charge on any atom is -0.385 e. The molecular formula is C30H42ClN5O. The predicted octanol–water partition coefficient (Wildman–Crippen LogP) is 6.44. The Kier molecular flexibility index (Phi) is 11.0. The highest BCUT2D eigenvalue weighted by Gasteiger charge is 2.15. The molecule has 1 fully saturated rings. The molecule has 1 amide bonds. The van der Waals surface area contributed by atoms with Crippen molar-refractivity contribution in [2.24, 2.45) is 0 Å². The van der Waals surface area contributed by atoms with Crippen LogP contribution in [0.25, 0.3) is 0 Å². The zero-order valence-corrected chi connectivity index (χ0v) is 23.7. The number of carbonyl (C=O) groups is 1. The third-order valence-corrected chi connectivity index (χ3v) is 7.19. The lowest BCUT2D eigenvalue weighted by molar-refractivity contribution is 0.0949. The Morgan fingerprint density at radius 2 is 1.81 bits per heavy atom. The van der Waals surface area contributed by atoms with Crippen molar-refractivity contribution in [3.8, 4) is 0 Å². The summed E-state index contributed by atoms with van der Waals surface area (Å²) >= 11 is 6.19. The Balaban J connectivity index is 0.000000356. The Morgan fingerprint density at radius 3 is 2.43 bits per heavy atom. The van der Waals surface area contributed by atoms with Crippen LogP contribution in [0.15, 0.2) is 48.8 Å². The van der Waals surface area contributed by atoms with E-state index in [2.05, 4.69) is 65.8 Å². The molecule has 2 N–H and O–H groups in total. The van der Waals surface area contributed by atoms with Crippen LogP contribution in [0.4, 0.5) is 5.69 Å². The van der Waals surface area contributed by atoms with Gasteiger partial charge in [-0.1, -0.05) is 60.7 Å². The zero-order chi connectivity index (χ0) is 26.8. The first-order valence-electron chi connectivity index (χ1n) is 13.3. The summed E-state index contributed by atoms with van der Waals surface area (Å²) in [7, 11) is 4.38. The highest BCUT2D eigenvalue weighted by Crippen LogP contribution is 2.25. The standard InChI is InChI=1S/C22H25ClN4O.C8H17N/c1-4-24-20-12-18(23)11-19(16(20)3)22(28)26-13-21-25-9-10-27(21)14-17-7-5-15(2)6-8-17;1-9(2)8-6-4-3-5-7-8/h5-12,24H,4,13-14H2,1-3H3,(H,26,28);8H,3-7H2,1-2H3. The van der Waals surface area contributed by atoms with Crippen molar-refractivity contribution in [1.82, 2.24) is 19.8 Å². The molecule has 4 rings (SSSR count). The van der Waals surface area contributed by atoms with Crippen LogP contribution < -0.4 is 10.6 Å². The minimum absolute atomic E-state index is 0.163. The summed E-state index contributed by atoms with van der Waals surface area (Å²) in [6.45, 7) is 7.82. The number of halogens is 1. The van der Waals surface area contributed by atoms with E-state index in [1.165, 1.54) is 43.2 Å². The molecule has 0 saturated heterocycles. The van der Waals surface area contributed by atoms with Crippen molar-refractivity contribution < 1.29 is 4.79 Å². The molecular weight excluding hydrogens is 482 g/mol. The lowest BCUT2D eigenvalue weighted by atomic mass is 9.95. The number of nitrogens with zero attached hydrogens (tertiary/aromatic N) is 3. The second-order valence-electron chi connectivity index (χ2n) is 10.1. The molecule has 6 nitrogen and oxygen atoms in total. The van der Waals surface area contributed by atoms with Crippen LogP contribution in [-0.2, 0) is 13.1 Å². The van der Waals surface area contributed by atoms with E-state index < -0.39 is 0 Å². The number of anilines is 1. The summed E-state index contributed by atoms with van der Waals surface area (Å²) in [5.41, 5.74) is 4.75. The number of imidazole rings is 1. The Morgan fingerprint density at radius 1 is 1.11 bits per heavy atom. The van der Waals surface area contributed by atoms with Gasteiger partial charge in [-0.2, -0.15) is 0 Å². The molecule has 1 aliphatic rings. The summed E-state index contributed by atoms with van der Waals surface area (Å²) < 4.78 is 2.04. The van der Waals surface area contributed by atoms with Crippen LogP contribution in [0.3, 0.4) is 0 Å². The van der Waals surface area contributed by atoms with Gasteiger partial charge in [0.25, 0.3) is 5.91 Å². The fourth-order valence-corrected chi connectivity index (χ4v) is 4.90. The van der Waals surface area contributed by atoms with Crippen LogP contribution in [0, 0.1) is 13.8 Å². The molecule has 37 heavy (non-hydrogen) atoms. The summed E-state index contributed by atoms with van der Waals surface area (Å²) in [5.74, 6) is 0.643. The van der Waals surface area contributed by atoms with E-state index >= 15 is 0 Å². The number of amides is 1. The Hall–Kier alpha value is -2.83. The van der Waals surface area contributed by atoms with Crippen LogP contribution in [0.1, 0.15) is 71.9 Å². The molecule has 1 heterocycles. The third kappa shape index (κ3) is 8.61. The van der Waals surface area contributed by atoms with E-state index in [1.807, 2.05) is 30.7 Å². The number of hydrogen-bond acceptors (Lipinski definition) is 4. The number of hydrogen-bond donors (Lipinski definition) is 2. The van der Waals surface area contributed by atoms with Gasteiger partial charge in [0.2, 0.25) is 0 Å². The SMILES string of the molecule is CCNc1cc(Cl)cc(C(=O)NCc2nccn2Cc2ccc(C)cc2)c1C.CN(C)C1CCCCC1. The number of nitrogens with one attached hydrogen (secondary N) is 2. The summed E-state index contributed by atoms with van der Waals surface area (Å²) in [5, 5.41) is 6.74. The summed E-state index contributed by atoms with van der Waals surface area (Å²) in [4.78, 5) is 19.5. The van der Waals surface area contributed by atoms with Crippen LogP contribution in [-0.4, -0.2) is 47.0 Å². The van der Waals surface area contributed by atoms with Crippen LogP contribution >= 0.6 is 11.6 Å². The number of aryl methyl sites for hydroxylation is 1. The average Bonchev–Trinajstić information content (AvgIpc) is 3.33. The molecule has 0 radical (unpaired) electrons. The second-order valence-corrected chi connectivity index (χ2v) is 10.5. The molecule has 2 aromatic carbocycles. The maximum Gasteiger partial charge on any atom is 0.252 e. The highest BCUT2D eigenvalue weighted by molar-refractivity contribution is 6.31. The molecule has 0 bridgehead atoms. The largest absolute Gasteiger partial charge is 0.385 e. The zero-order valence-electron chi connectivity index (χ0n) is 23.0. The first-order chi connectivity index (χ1) is 17.8. The number of carbonyl (C=O) groups excluding carboxylic acids is 1. The quantitative estimate of drug-likeness (QED) is 0.356. The van der Waals surface area contributed by atoms with Crippen LogP contribution in [0.2, 0.25) is 5.02 Å². The van der Waals surface area contributed by atoms with Crippen molar-refractivity contribution >= 4 is 23.2 Å². The fraction of sp³-hybridized carbons (Fsp3) is 0.467. The van der Waals surface area contributed by atoms with Crippen LogP contribution in [0.5, 0.6) is 0 Å². The lowest BCUT2D eigenvalue weighted by Gasteiger charge is -2.27. The molecule has 1 saturated carbocycles. The highest BCUT2D eigenvalue weighted by atomic mass is 35.5. The van der Waals surface area contributed by atoms with E-state index in [9.17, 15) is 4.79 Å². The average molecular weight is 524 g/mol. The summed E-state index contributed by atoms with van der Waals surface area (Å²) in [6.07, 6.45) is 10.9. The molecule has 0 aliphatic heterocycles. The maximum absolute atomic E-state index is 12.7. The molecule has 1 aromatic heterocycles. The van der Waals surface area contributed by atoms with Crippen molar-refractivity contribution in [3.05, 3.63) is 81.9 Å². The first-order valence-corrected chi connectivity index (χ1v) is 13.7. The number of aromatic nitrogens is 2. The fourth-order valence-electron chi connectivity index (χ4n) is 4.68. The maximum atomic E-state index is 12.7. The molecule has 3 aromatic rings. The van der Waals surface area contributed by atoms with Gasteiger partial charge >= 0.3 is 0 Å². The third-order valence-electron chi connectivity index (χ3n) is 6.97. The van der Waals surface area contributed by atoms with Gasteiger partial charge in [0.15, 0.2) is 0 Å². The van der Waals surface area contributed by atoms with E-state index in [4.69, 9.17) is 11.6 Å². The lowest BCUT2D eigenvalue weighted by Crippen LogP contribution is -2.29. The predicted molar refractivity (Wildman–Crippen MR) is 155 cm³/mol. The van der Waals surface area contributed by atoms with Crippen molar-refractivity contribution in [2.45, 2.75) is 72.0 Å². The van der Waals surface area contributed by atoms with E-state index in [-0.39, 0.29) is 5.91 Å². The Bertz CT molecular complexity index is 1130. The van der Waals surface area contributed by atoms with Crippen molar-refractivity contribution in [2.75, 3.05) is 26.0 Å². The van der Waals surface area contributed by atoms with Gasteiger partial charge in [0.1, 0.15) is 5.82 Å². The normalized spacial score (nSPS) is 13.7. The van der Waals surface area contributed by atoms with Crippen molar-refractivity contribution in [1.29, 1.82) is 0 Å². The van der Waals surface area contributed by atoms with E-state index in [1.54, 1.807) is 12.3 Å². The molecule has 0 spiro atoms. The monoisotopic (exact) mass is 523 g/mol. The number of rotatable bonds is 8. The molecule has 200 valence electrons. The number of benzene rings is 2. The summed E-state index contributed by atoms with van der Waals surface area (Å²) in [6, 6.07) is 12.8. The van der Waals surface area contributed by atoms with Gasteiger partial charge in [-0.25, -0.2) is 4.98 Å². The molecule has 0 unspecified atom stereocenters. The minimum atomic E-state index is -0.163.